The Labute approximate surface area is 105 Å². The molecule has 1 N–H and O–H groups in total. The highest BCUT2D eigenvalue weighted by Gasteiger charge is 2.12. The molecule has 3 rings (SSSR count). The van der Waals surface area contributed by atoms with Crippen LogP contribution in [-0.2, 0) is 19.4 Å². The number of aryl methyl sites for hydroxylation is 2. The number of aliphatic hydroxyl groups is 1. The van der Waals surface area contributed by atoms with Gasteiger partial charge in [0.25, 0.3) is 0 Å². The molecule has 1 aromatic heterocycles. The van der Waals surface area contributed by atoms with Crippen LogP contribution in [-0.4, -0.2) is 15.1 Å². The molecule has 0 radical (unpaired) electrons. The first-order valence-electron chi connectivity index (χ1n) is 6.06. The molecule has 2 aromatic rings. The van der Waals surface area contributed by atoms with Crippen molar-refractivity contribution >= 4 is 0 Å². The second-order valence-electron chi connectivity index (χ2n) is 4.40. The average Bonchev–Trinajstić information content (AvgIpc) is 2.87. The van der Waals surface area contributed by atoms with Gasteiger partial charge in [-0.25, -0.2) is 9.97 Å². The molecule has 4 heteroatoms. The zero-order chi connectivity index (χ0) is 12.4. The van der Waals surface area contributed by atoms with Crippen molar-refractivity contribution < 1.29 is 9.84 Å². The van der Waals surface area contributed by atoms with Crippen LogP contribution in [0.1, 0.15) is 23.1 Å². The predicted octanol–water partition coefficient (Wildman–Crippen LogP) is 2.25. The predicted molar refractivity (Wildman–Crippen MR) is 66.5 cm³/mol. The number of hydrogen-bond donors (Lipinski definition) is 1. The van der Waals surface area contributed by atoms with E-state index in [-0.39, 0.29) is 6.61 Å². The Balaban J connectivity index is 1.88. The maximum absolute atomic E-state index is 9.19. The second kappa shape index (κ2) is 4.74. The van der Waals surface area contributed by atoms with Crippen molar-refractivity contribution in [1.82, 2.24) is 9.97 Å². The Kier molecular flexibility index (Phi) is 2.94. The van der Waals surface area contributed by atoms with Gasteiger partial charge in [-0.3, -0.25) is 0 Å². The fourth-order valence-electron chi connectivity index (χ4n) is 2.27. The Morgan fingerprint density at radius 2 is 2.11 bits per heavy atom. The number of hydrogen-bond acceptors (Lipinski definition) is 4. The molecule has 0 bridgehead atoms. The number of aromatic nitrogens is 2. The van der Waals surface area contributed by atoms with E-state index in [1.807, 2.05) is 6.07 Å². The van der Waals surface area contributed by atoms with E-state index < -0.39 is 0 Å². The summed E-state index contributed by atoms with van der Waals surface area (Å²) in [6, 6.07) is 6.12. The number of ether oxygens (including phenoxy) is 1. The highest BCUT2D eigenvalue weighted by molar-refractivity contribution is 5.40. The van der Waals surface area contributed by atoms with Crippen molar-refractivity contribution in [2.24, 2.45) is 0 Å². The van der Waals surface area contributed by atoms with Crippen LogP contribution >= 0.6 is 0 Å². The molecule has 92 valence electrons. The number of aliphatic hydroxyl groups excluding tert-OH is 1. The van der Waals surface area contributed by atoms with Crippen molar-refractivity contribution in [3.63, 3.8) is 0 Å². The summed E-state index contributed by atoms with van der Waals surface area (Å²) in [6.45, 7) is -0.124. The fraction of sp³-hybridized carbons (Fsp3) is 0.286. The van der Waals surface area contributed by atoms with Gasteiger partial charge in [0.05, 0.1) is 12.2 Å². The third-order valence-electron chi connectivity index (χ3n) is 3.20. The third-order valence-corrected chi connectivity index (χ3v) is 3.20. The molecule has 1 aliphatic carbocycles. The quantitative estimate of drug-likeness (QED) is 0.896. The Morgan fingerprint density at radius 1 is 1.22 bits per heavy atom. The van der Waals surface area contributed by atoms with Crippen molar-refractivity contribution in [1.29, 1.82) is 0 Å². The maximum Gasteiger partial charge on any atom is 0.227 e. The lowest BCUT2D eigenvalue weighted by atomic mass is 10.1. The smallest absolute Gasteiger partial charge is 0.227 e. The van der Waals surface area contributed by atoms with E-state index in [1.54, 1.807) is 6.20 Å². The van der Waals surface area contributed by atoms with E-state index in [0.29, 0.717) is 11.4 Å². The normalized spacial score (nSPS) is 13.4. The van der Waals surface area contributed by atoms with Crippen LogP contribution in [0.15, 0.2) is 30.7 Å². The minimum absolute atomic E-state index is 0.124. The zero-order valence-electron chi connectivity index (χ0n) is 9.97. The van der Waals surface area contributed by atoms with Gasteiger partial charge in [0.15, 0.2) is 0 Å². The molecular weight excluding hydrogens is 228 g/mol. The van der Waals surface area contributed by atoms with Gasteiger partial charge in [0.1, 0.15) is 12.1 Å². The number of benzene rings is 1. The first-order valence-corrected chi connectivity index (χ1v) is 6.06. The third kappa shape index (κ3) is 2.07. The topological polar surface area (TPSA) is 55.2 Å². The van der Waals surface area contributed by atoms with Gasteiger partial charge in [-0.05, 0) is 42.5 Å². The molecule has 0 atom stereocenters. The molecule has 0 spiro atoms. The van der Waals surface area contributed by atoms with Crippen LogP contribution in [0.25, 0.3) is 0 Å². The monoisotopic (exact) mass is 242 g/mol. The van der Waals surface area contributed by atoms with Crippen molar-refractivity contribution in [3.8, 4) is 11.6 Å². The molecule has 18 heavy (non-hydrogen) atoms. The van der Waals surface area contributed by atoms with E-state index in [2.05, 4.69) is 22.1 Å². The van der Waals surface area contributed by atoms with E-state index in [9.17, 15) is 5.11 Å². The summed E-state index contributed by atoms with van der Waals surface area (Å²) in [4.78, 5) is 7.91. The SMILES string of the molecule is OCc1cncnc1Oc1ccc2c(c1)CCC2. The van der Waals surface area contributed by atoms with Crippen LogP contribution in [0, 0.1) is 0 Å². The zero-order valence-corrected chi connectivity index (χ0v) is 9.97. The molecule has 0 saturated carbocycles. The van der Waals surface area contributed by atoms with Crippen molar-refractivity contribution in [3.05, 3.63) is 47.4 Å². The van der Waals surface area contributed by atoms with Crippen LogP contribution < -0.4 is 4.74 Å². The average molecular weight is 242 g/mol. The molecule has 4 nitrogen and oxygen atoms in total. The molecule has 0 fully saturated rings. The Bertz CT molecular complexity index is 569. The van der Waals surface area contributed by atoms with Gasteiger partial charge in [0, 0.05) is 6.20 Å². The van der Waals surface area contributed by atoms with Crippen molar-refractivity contribution in [2.75, 3.05) is 0 Å². The van der Waals surface area contributed by atoms with Crippen molar-refractivity contribution in [2.45, 2.75) is 25.9 Å². The van der Waals surface area contributed by atoms with Crippen LogP contribution in [0.5, 0.6) is 11.6 Å². The highest BCUT2D eigenvalue weighted by atomic mass is 16.5. The van der Waals surface area contributed by atoms with E-state index >= 15 is 0 Å². The standard InChI is InChI=1S/C14H14N2O2/c17-8-12-7-15-9-16-14(12)18-13-5-4-10-2-1-3-11(10)6-13/h4-7,9,17H,1-3,8H2. The lowest BCUT2D eigenvalue weighted by Crippen LogP contribution is -1.96. The molecule has 1 heterocycles. The molecule has 0 saturated heterocycles. The Hall–Kier alpha value is -1.94. The van der Waals surface area contributed by atoms with Gasteiger partial charge in [-0.15, -0.1) is 0 Å². The summed E-state index contributed by atoms with van der Waals surface area (Å²) in [6.07, 6.45) is 6.47. The molecule has 0 amide bonds. The minimum Gasteiger partial charge on any atom is -0.439 e. The van der Waals surface area contributed by atoms with Gasteiger partial charge in [-0.2, -0.15) is 0 Å². The molecule has 1 aromatic carbocycles. The molecular formula is C14H14N2O2. The highest BCUT2D eigenvalue weighted by Crippen LogP contribution is 2.29. The number of rotatable bonds is 3. The largest absolute Gasteiger partial charge is 0.439 e. The maximum atomic E-state index is 9.19. The summed E-state index contributed by atoms with van der Waals surface area (Å²) in [5.41, 5.74) is 3.36. The summed E-state index contributed by atoms with van der Waals surface area (Å²) in [7, 11) is 0. The second-order valence-corrected chi connectivity index (χ2v) is 4.40. The summed E-state index contributed by atoms with van der Waals surface area (Å²) in [5.74, 6) is 1.19. The van der Waals surface area contributed by atoms with E-state index in [4.69, 9.17) is 4.74 Å². The summed E-state index contributed by atoms with van der Waals surface area (Å²) < 4.78 is 5.71. The molecule has 0 aliphatic heterocycles. The molecule has 1 aliphatic rings. The summed E-state index contributed by atoms with van der Waals surface area (Å²) >= 11 is 0. The van der Waals surface area contributed by atoms with Crippen LogP contribution in [0.4, 0.5) is 0 Å². The van der Waals surface area contributed by atoms with Gasteiger partial charge in [-0.1, -0.05) is 6.07 Å². The van der Waals surface area contributed by atoms with E-state index in [0.717, 1.165) is 18.6 Å². The van der Waals surface area contributed by atoms with E-state index in [1.165, 1.54) is 23.9 Å². The van der Waals surface area contributed by atoms with Gasteiger partial charge >= 0.3 is 0 Å². The minimum atomic E-state index is -0.124. The number of fused-ring (bicyclic) bond motifs is 1. The van der Waals surface area contributed by atoms with Crippen LogP contribution in [0.3, 0.4) is 0 Å². The van der Waals surface area contributed by atoms with Crippen LogP contribution in [0.2, 0.25) is 0 Å². The van der Waals surface area contributed by atoms with Gasteiger partial charge < -0.3 is 9.84 Å². The first-order chi connectivity index (χ1) is 8.86. The lowest BCUT2D eigenvalue weighted by Gasteiger charge is -2.09. The lowest BCUT2D eigenvalue weighted by molar-refractivity contribution is 0.274. The fourth-order valence-corrected chi connectivity index (χ4v) is 2.27. The molecule has 0 unspecified atom stereocenters. The Morgan fingerprint density at radius 3 is 3.00 bits per heavy atom. The van der Waals surface area contributed by atoms with Gasteiger partial charge in [0.2, 0.25) is 5.88 Å². The summed E-state index contributed by atoms with van der Waals surface area (Å²) in [5, 5.41) is 9.19. The first kappa shape index (κ1) is 11.2. The number of nitrogens with zero attached hydrogens (tertiary/aromatic N) is 2.